The Morgan fingerprint density at radius 1 is 1.40 bits per heavy atom. The van der Waals surface area contributed by atoms with Gasteiger partial charge in [-0.25, -0.2) is 0 Å². The zero-order chi connectivity index (χ0) is 11.7. The Bertz CT molecular complexity index is 234. The summed E-state index contributed by atoms with van der Waals surface area (Å²) >= 11 is 0. The van der Waals surface area contributed by atoms with Crippen molar-refractivity contribution in [3.63, 3.8) is 0 Å². The van der Waals surface area contributed by atoms with Crippen LogP contribution in [0.4, 0.5) is 0 Å². The second-order valence-corrected chi connectivity index (χ2v) is 3.53. The quantitative estimate of drug-likeness (QED) is 0.478. The fourth-order valence-electron chi connectivity index (χ4n) is 1.02. The van der Waals surface area contributed by atoms with Crippen LogP contribution >= 0.6 is 0 Å². The van der Waals surface area contributed by atoms with Crippen molar-refractivity contribution in [2.45, 2.75) is 33.6 Å². The van der Waals surface area contributed by atoms with E-state index in [2.05, 4.69) is 0 Å². The molecule has 4 nitrogen and oxygen atoms in total. The maximum Gasteiger partial charge on any atom is 0.326 e. The van der Waals surface area contributed by atoms with Gasteiger partial charge in [0.1, 0.15) is 0 Å². The molecule has 0 aromatic rings. The number of ether oxygens (including phenoxy) is 2. The Balaban J connectivity index is 4.08. The first kappa shape index (κ1) is 13.9. The zero-order valence-electron chi connectivity index (χ0n) is 9.71. The van der Waals surface area contributed by atoms with Gasteiger partial charge in [-0.1, -0.05) is 6.92 Å². The highest BCUT2D eigenvalue weighted by atomic mass is 16.5. The van der Waals surface area contributed by atoms with Gasteiger partial charge in [0, 0.05) is 13.2 Å². The lowest BCUT2D eigenvalue weighted by atomic mass is 9.89. The Morgan fingerprint density at radius 3 is 2.53 bits per heavy atom. The van der Waals surface area contributed by atoms with Crippen molar-refractivity contribution in [3.05, 3.63) is 0 Å². The Morgan fingerprint density at radius 2 is 2.07 bits per heavy atom. The molecule has 0 saturated carbocycles. The van der Waals surface area contributed by atoms with Crippen LogP contribution in [0, 0.1) is 16.7 Å². The molecule has 0 aromatic heterocycles. The van der Waals surface area contributed by atoms with E-state index in [9.17, 15) is 4.79 Å². The molecular formula is C11H19NO3. The highest BCUT2D eigenvalue weighted by Crippen LogP contribution is 2.22. The van der Waals surface area contributed by atoms with Gasteiger partial charge in [0.2, 0.25) is 0 Å². The summed E-state index contributed by atoms with van der Waals surface area (Å²) in [7, 11) is 0. The van der Waals surface area contributed by atoms with Crippen molar-refractivity contribution in [3.8, 4) is 6.07 Å². The lowest BCUT2D eigenvalue weighted by Gasteiger charge is -2.18. The molecule has 0 rings (SSSR count). The molecule has 0 aliphatic heterocycles. The minimum absolute atomic E-state index is 0.298. The van der Waals surface area contributed by atoms with Crippen molar-refractivity contribution < 1.29 is 14.3 Å². The number of carbonyl (C=O) groups is 1. The molecule has 0 radical (unpaired) electrons. The smallest absolute Gasteiger partial charge is 0.326 e. The van der Waals surface area contributed by atoms with Gasteiger partial charge in [-0.3, -0.25) is 4.79 Å². The number of rotatable bonds is 7. The van der Waals surface area contributed by atoms with Crippen LogP contribution in [0.25, 0.3) is 0 Å². The fraction of sp³-hybridized carbons (Fsp3) is 0.818. The topological polar surface area (TPSA) is 59.3 Å². The van der Waals surface area contributed by atoms with Crippen LogP contribution in [0.2, 0.25) is 0 Å². The minimum atomic E-state index is -1.08. The second-order valence-electron chi connectivity index (χ2n) is 3.53. The molecule has 0 heterocycles. The third kappa shape index (κ3) is 4.80. The summed E-state index contributed by atoms with van der Waals surface area (Å²) in [5.41, 5.74) is -1.08. The third-order valence-corrected chi connectivity index (χ3v) is 2.07. The Labute approximate surface area is 91.2 Å². The average molecular weight is 213 g/mol. The van der Waals surface area contributed by atoms with Crippen LogP contribution in [-0.4, -0.2) is 25.8 Å². The number of carbonyl (C=O) groups excluding carboxylic acids is 1. The van der Waals surface area contributed by atoms with E-state index < -0.39 is 11.4 Å². The predicted molar refractivity (Wildman–Crippen MR) is 56.1 cm³/mol. The SMILES string of the molecule is CCCOCCC(C)(C#N)C(=O)OCC. The Hall–Kier alpha value is -1.08. The fourth-order valence-corrected chi connectivity index (χ4v) is 1.02. The molecule has 1 unspecified atom stereocenters. The molecule has 0 bridgehead atoms. The van der Waals surface area contributed by atoms with E-state index in [4.69, 9.17) is 14.7 Å². The summed E-state index contributed by atoms with van der Waals surface area (Å²) < 4.78 is 10.1. The van der Waals surface area contributed by atoms with E-state index >= 15 is 0 Å². The van der Waals surface area contributed by atoms with Crippen molar-refractivity contribution in [1.82, 2.24) is 0 Å². The number of hydrogen-bond donors (Lipinski definition) is 0. The molecule has 0 spiro atoms. The number of nitrogens with zero attached hydrogens (tertiary/aromatic N) is 1. The summed E-state index contributed by atoms with van der Waals surface area (Å²) in [5.74, 6) is -0.465. The number of hydrogen-bond acceptors (Lipinski definition) is 4. The van der Waals surface area contributed by atoms with E-state index in [0.29, 0.717) is 26.2 Å². The molecule has 0 N–H and O–H groups in total. The molecule has 15 heavy (non-hydrogen) atoms. The standard InChI is InChI=1S/C11H19NO3/c1-4-7-14-8-6-11(3,9-12)10(13)15-5-2/h4-8H2,1-3H3. The van der Waals surface area contributed by atoms with Gasteiger partial charge < -0.3 is 9.47 Å². The predicted octanol–water partition coefficient (Wildman–Crippen LogP) is 1.90. The lowest BCUT2D eigenvalue weighted by Crippen LogP contribution is -2.29. The van der Waals surface area contributed by atoms with Crippen LogP contribution in [-0.2, 0) is 14.3 Å². The summed E-state index contributed by atoms with van der Waals surface area (Å²) in [6.07, 6.45) is 1.31. The van der Waals surface area contributed by atoms with Crippen LogP contribution in [0.1, 0.15) is 33.6 Å². The second kappa shape index (κ2) is 7.24. The number of esters is 1. The maximum atomic E-state index is 11.5. The van der Waals surface area contributed by atoms with Crippen LogP contribution < -0.4 is 0 Å². The molecule has 0 fully saturated rings. The van der Waals surface area contributed by atoms with Crippen molar-refractivity contribution in [1.29, 1.82) is 5.26 Å². The first-order valence-corrected chi connectivity index (χ1v) is 5.27. The summed E-state index contributed by atoms with van der Waals surface area (Å²) in [6.45, 7) is 6.69. The average Bonchev–Trinajstić information content (AvgIpc) is 2.24. The molecule has 0 amide bonds. The van der Waals surface area contributed by atoms with Crippen molar-refractivity contribution >= 4 is 5.97 Å². The van der Waals surface area contributed by atoms with Crippen LogP contribution in [0.3, 0.4) is 0 Å². The van der Waals surface area contributed by atoms with Crippen LogP contribution in [0.15, 0.2) is 0 Å². The maximum absolute atomic E-state index is 11.5. The normalized spacial score (nSPS) is 14.0. The first-order chi connectivity index (χ1) is 7.10. The van der Waals surface area contributed by atoms with Crippen molar-refractivity contribution in [2.75, 3.05) is 19.8 Å². The van der Waals surface area contributed by atoms with E-state index in [1.807, 2.05) is 13.0 Å². The van der Waals surface area contributed by atoms with E-state index in [1.165, 1.54) is 0 Å². The molecule has 1 atom stereocenters. The van der Waals surface area contributed by atoms with Gasteiger partial charge >= 0.3 is 5.97 Å². The molecule has 0 aliphatic carbocycles. The summed E-state index contributed by atoms with van der Waals surface area (Å²) in [5, 5.41) is 8.93. The monoisotopic (exact) mass is 213 g/mol. The van der Waals surface area contributed by atoms with Crippen LogP contribution in [0.5, 0.6) is 0 Å². The molecule has 86 valence electrons. The van der Waals surface area contributed by atoms with Gasteiger partial charge in [0.15, 0.2) is 5.41 Å². The van der Waals surface area contributed by atoms with Gasteiger partial charge in [-0.05, 0) is 26.7 Å². The van der Waals surface area contributed by atoms with E-state index in [0.717, 1.165) is 6.42 Å². The first-order valence-electron chi connectivity index (χ1n) is 5.27. The molecule has 4 heteroatoms. The molecule has 0 aliphatic rings. The molecule has 0 aromatic carbocycles. The minimum Gasteiger partial charge on any atom is -0.465 e. The van der Waals surface area contributed by atoms with Gasteiger partial charge in [0.05, 0.1) is 12.7 Å². The van der Waals surface area contributed by atoms with Gasteiger partial charge in [0.25, 0.3) is 0 Å². The largest absolute Gasteiger partial charge is 0.465 e. The van der Waals surface area contributed by atoms with Gasteiger partial charge in [-0.15, -0.1) is 0 Å². The summed E-state index contributed by atoms with van der Waals surface area (Å²) in [4.78, 5) is 11.5. The van der Waals surface area contributed by atoms with E-state index in [-0.39, 0.29) is 0 Å². The molecule has 0 saturated heterocycles. The van der Waals surface area contributed by atoms with E-state index in [1.54, 1.807) is 13.8 Å². The zero-order valence-corrected chi connectivity index (χ0v) is 9.71. The third-order valence-electron chi connectivity index (χ3n) is 2.07. The number of nitriles is 1. The Kier molecular flexibility index (Phi) is 6.72. The summed E-state index contributed by atoms with van der Waals surface area (Å²) in [6, 6.07) is 1.99. The van der Waals surface area contributed by atoms with Gasteiger partial charge in [-0.2, -0.15) is 5.26 Å². The van der Waals surface area contributed by atoms with Crippen molar-refractivity contribution in [2.24, 2.45) is 5.41 Å². The highest BCUT2D eigenvalue weighted by molar-refractivity contribution is 5.79. The lowest BCUT2D eigenvalue weighted by molar-refractivity contribution is -0.152. The highest BCUT2D eigenvalue weighted by Gasteiger charge is 2.34. The molecular weight excluding hydrogens is 194 g/mol.